The third-order valence-corrected chi connectivity index (χ3v) is 7.68. The molecule has 2 aliphatic heterocycles. The quantitative estimate of drug-likeness (QED) is 0.468. The number of likely N-dealkylation sites (N-methyl/N-ethyl adjacent to an activating group) is 1. The molecular formula is C25H22ClF3N4O3S. The highest BCUT2D eigenvalue weighted by molar-refractivity contribution is 8.18. The number of nitrogens with zero attached hydrogens (tertiary/aromatic N) is 4. The normalized spacial score (nSPS) is 22.5. The van der Waals surface area contributed by atoms with Crippen molar-refractivity contribution in [2.45, 2.75) is 31.3 Å². The molecule has 7 nitrogen and oxygen atoms in total. The van der Waals surface area contributed by atoms with Gasteiger partial charge in [-0.15, -0.1) is 0 Å². The molecule has 0 saturated carbocycles. The van der Waals surface area contributed by atoms with Crippen molar-refractivity contribution < 1.29 is 27.9 Å². The first-order chi connectivity index (χ1) is 17.5. The minimum absolute atomic E-state index is 0.000728. The van der Waals surface area contributed by atoms with Crippen LogP contribution in [0.3, 0.4) is 0 Å². The zero-order valence-electron chi connectivity index (χ0n) is 19.6. The van der Waals surface area contributed by atoms with Gasteiger partial charge in [-0.25, -0.2) is 0 Å². The molecule has 5 rings (SSSR count). The number of amides is 2. The number of β-amino-alcohol motifs (C(OH)–C–C–N with tert-alkyl or cyclic N) is 1. The van der Waals surface area contributed by atoms with Gasteiger partial charge in [0.2, 0.25) is 0 Å². The van der Waals surface area contributed by atoms with Crippen molar-refractivity contribution in [1.29, 1.82) is 0 Å². The van der Waals surface area contributed by atoms with Gasteiger partial charge < -0.3 is 10.0 Å². The molecule has 194 valence electrons. The number of benzene rings is 2. The molecule has 37 heavy (non-hydrogen) atoms. The monoisotopic (exact) mass is 550 g/mol. The number of carbonyl (C=O) groups excluding carboxylic acids is 2. The third-order valence-electron chi connectivity index (χ3n) is 6.57. The number of hydrogen-bond donors (Lipinski definition) is 1. The van der Waals surface area contributed by atoms with Crippen LogP contribution in [0.2, 0.25) is 5.02 Å². The van der Waals surface area contributed by atoms with Gasteiger partial charge in [0.15, 0.2) is 0 Å². The van der Waals surface area contributed by atoms with E-state index >= 15 is 0 Å². The van der Waals surface area contributed by atoms with Crippen LogP contribution in [0.5, 0.6) is 0 Å². The van der Waals surface area contributed by atoms with Gasteiger partial charge in [-0.05, 0) is 66.7 Å². The van der Waals surface area contributed by atoms with Crippen LogP contribution < -0.4 is 0 Å². The van der Waals surface area contributed by atoms with Crippen LogP contribution in [0.15, 0.2) is 47.5 Å². The maximum atomic E-state index is 13.5. The van der Waals surface area contributed by atoms with E-state index in [0.717, 1.165) is 22.7 Å². The number of likely N-dealkylation sites (tertiary alicyclic amines) is 1. The third kappa shape index (κ3) is 5.13. The van der Waals surface area contributed by atoms with Gasteiger partial charge in [0.1, 0.15) is 0 Å². The molecule has 0 radical (unpaired) electrons. The lowest BCUT2D eigenvalue weighted by molar-refractivity contribution is -0.138. The van der Waals surface area contributed by atoms with E-state index in [9.17, 15) is 27.9 Å². The zero-order valence-corrected chi connectivity index (χ0v) is 21.1. The van der Waals surface area contributed by atoms with Gasteiger partial charge in [0.05, 0.1) is 40.9 Å². The standard InChI is InChI=1S/C25H22ClF3N4O3S/c1-31-7-6-20(21(34)13-31)33-23(35)22(37-24(33)36)9-14-2-5-19-16(8-14)11-30-32(19)12-15-3-4-17(26)10-18(15)25(27,28)29/h2-5,8-11,20-21,34H,6-7,12-13H2,1H3. The summed E-state index contributed by atoms with van der Waals surface area (Å²) in [6, 6.07) is 8.26. The average molecular weight is 551 g/mol. The molecule has 2 aromatic carbocycles. The largest absolute Gasteiger partial charge is 0.416 e. The van der Waals surface area contributed by atoms with E-state index in [4.69, 9.17) is 11.6 Å². The van der Waals surface area contributed by atoms with Gasteiger partial charge >= 0.3 is 6.18 Å². The van der Waals surface area contributed by atoms with E-state index in [2.05, 4.69) is 5.10 Å². The SMILES string of the molecule is CN1CCC(N2C(=O)SC(=Cc3ccc4c(cnn4Cc4ccc(Cl)cc4C(F)(F)F)c3)C2=O)C(O)C1. The molecule has 0 bridgehead atoms. The van der Waals surface area contributed by atoms with Crippen LogP contribution >= 0.6 is 23.4 Å². The highest BCUT2D eigenvalue weighted by atomic mass is 35.5. The lowest BCUT2D eigenvalue weighted by atomic mass is 10.0. The Hall–Kier alpha value is -2.86. The Labute approximate surface area is 219 Å². The number of carbonyl (C=O) groups is 2. The molecular weight excluding hydrogens is 529 g/mol. The Bertz CT molecular complexity index is 1420. The number of imide groups is 1. The van der Waals surface area contributed by atoms with Gasteiger partial charge in [0.25, 0.3) is 11.1 Å². The molecule has 2 unspecified atom stereocenters. The molecule has 1 aromatic heterocycles. The molecule has 2 saturated heterocycles. The predicted molar refractivity (Wildman–Crippen MR) is 135 cm³/mol. The topological polar surface area (TPSA) is 78.7 Å². The van der Waals surface area contributed by atoms with Crippen molar-refractivity contribution in [3.63, 3.8) is 0 Å². The van der Waals surface area contributed by atoms with Gasteiger partial charge in [-0.2, -0.15) is 18.3 Å². The Balaban J connectivity index is 1.39. The Kier molecular flexibility index (Phi) is 6.82. The lowest BCUT2D eigenvalue weighted by Gasteiger charge is -2.37. The predicted octanol–water partition coefficient (Wildman–Crippen LogP) is 4.86. The van der Waals surface area contributed by atoms with Crippen molar-refractivity contribution in [3.05, 3.63) is 69.2 Å². The second-order valence-corrected chi connectivity index (χ2v) is 10.6. The Morgan fingerprint density at radius 2 is 2.00 bits per heavy atom. The molecule has 0 spiro atoms. The van der Waals surface area contributed by atoms with Gasteiger partial charge in [0, 0.05) is 23.5 Å². The van der Waals surface area contributed by atoms with Crippen molar-refractivity contribution in [2.24, 2.45) is 0 Å². The van der Waals surface area contributed by atoms with Crippen LogP contribution in [-0.4, -0.2) is 68.1 Å². The van der Waals surface area contributed by atoms with E-state index in [1.54, 1.807) is 24.3 Å². The first-order valence-corrected chi connectivity index (χ1v) is 12.7. The van der Waals surface area contributed by atoms with Crippen LogP contribution in [0.1, 0.15) is 23.1 Å². The molecule has 0 aliphatic carbocycles. The van der Waals surface area contributed by atoms with E-state index in [0.29, 0.717) is 36.0 Å². The fraction of sp³-hybridized carbons (Fsp3) is 0.320. The van der Waals surface area contributed by atoms with Crippen LogP contribution in [0, 0.1) is 0 Å². The lowest BCUT2D eigenvalue weighted by Crippen LogP contribution is -2.54. The number of halogens is 4. The molecule has 3 aromatic rings. The first-order valence-electron chi connectivity index (χ1n) is 11.5. The minimum atomic E-state index is -4.55. The molecule has 2 aliphatic rings. The van der Waals surface area contributed by atoms with Crippen molar-refractivity contribution in [1.82, 2.24) is 19.6 Å². The molecule has 12 heteroatoms. The smallest absolute Gasteiger partial charge is 0.390 e. The van der Waals surface area contributed by atoms with Crippen LogP contribution in [-0.2, 0) is 17.5 Å². The maximum absolute atomic E-state index is 13.5. The second-order valence-electron chi connectivity index (χ2n) is 9.16. The fourth-order valence-corrected chi connectivity index (χ4v) is 5.79. The summed E-state index contributed by atoms with van der Waals surface area (Å²) in [7, 11) is 1.87. The Morgan fingerprint density at radius 1 is 1.22 bits per heavy atom. The summed E-state index contributed by atoms with van der Waals surface area (Å²) in [6.45, 7) is 0.947. The second kappa shape index (κ2) is 9.79. The summed E-state index contributed by atoms with van der Waals surface area (Å²) in [6.07, 6.45) is -1.73. The number of aromatic nitrogens is 2. The number of hydrogen-bond acceptors (Lipinski definition) is 6. The van der Waals surface area contributed by atoms with E-state index in [1.165, 1.54) is 23.0 Å². The zero-order chi connectivity index (χ0) is 26.5. The van der Waals surface area contributed by atoms with E-state index < -0.39 is 35.0 Å². The van der Waals surface area contributed by atoms with Gasteiger partial charge in [-0.1, -0.05) is 23.7 Å². The number of alkyl halides is 3. The molecule has 1 N–H and O–H groups in total. The van der Waals surface area contributed by atoms with Crippen molar-refractivity contribution in [3.8, 4) is 0 Å². The number of piperidine rings is 1. The van der Waals surface area contributed by atoms with Crippen LogP contribution in [0.25, 0.3) is 17.0 Å². The van der Waals surface area contributed by atoms with Crippen LogP contribution in [0.4, 0.5) is 18.0 Å². The molecule has 2 fully saturated rings. The fourth-order valence-electron chi connectivity index (χ4n) is 4.73. The summed E-state index contributed by atoms with van der Waals surface area (Å²) < 4.78 is 41.9. The highest BCUT2D eigenvalue weighted by Crippen LogP contribution is 2.37. The summed E-state index contributed by atoms with van der Waals surface area (Å²) >= 11 is 6.61. The number of fused-ring (bicyclic) bond motifs is 1. The number of thioether (sulfide) groups is 1. The summed E-state index contributed by atoms with van der Waals surface area (Å²) in [4.78, 5) is 29.0. The summed E-state index contributed by atoms with van der Waals surface area (Å²) in [5.74, 6) is -0.443. The first kappa shape index (κ1) is 25.8. The summed E-state index contributed by atoms with van der Waals surface area (Å²) in [5, 5.41) is 14.9. The number of aliphatic hydroxyl groups is 1. The minimum Gasteiger partial charge on any atom is -0.390 e. The maximum Gasteiger partial charge on any atom is 0.416 e. The Morgan fingerprint density at radius 3 is 2.73 bits per heavy atom. The number of aliphatic hydroxyl groups excluding tert-OH is 1. The number of rotatable bonds is 4. The van der Waals surface area contributed by atoms with Gasteiger partial charge in [-0.3, -0.25) is 19.2 Å². The van der Waals surface area contributed by atoms with E-state index in [-0.39, 0.29) is 22.0 Å². The van der Waals surface area contributed by atoms with Crippen molar-refractivity contribution in [2.75, 3.05) is 20.1 Å². The summed E-state index contributed by atoms with van der Waals surface area (Å²) in [5.41, 5.74) is 0.480. The average Bonchev–Trinajstić information content (AvgIpc) is 3.34. The molecule has 2 amide bonds. The molecule has 2 atom stereocenters. The molecule has 3 heterocycles. The highest BCUT2D eigenvalue weighted by Gasteiger charge is 2.43. The van der Waals surface area contributed by atoms with Crippen molar-refractivity contribution >= 4 is 51.5 Å². The van der Waals surface area contributed by atoms with E-state index in [1.807, 2.05) is 11.9 Å².